The van der Waals surface area contributed by atoms with Gasteiger partial charge in [-0.25, -0.2) is 0 Å². The molecule has 0 fully saturated rings. The van der Waals surface area contributed by atoms with Gasteiger partial charge in [0, 0.05) is 18.1 Å². The fourth-order valence-corrected chi connectivity index (χ4v) is 2.72. The van der Waals surface area contributed by atoms with Crippen LogP contribution in [0.2, 0.25) is 0 Å². The molecule has 3 rings (SSSR count). The van der Waals surface area contributed by atoms with Gasteiger partial charge in [-0.3, -0.25) is 4.98 Å². The van der Waals surface area contributed by atoms with Crippen molar-refractivity contribution in [1.82, 2.24) is 4.98 Å². The number of aromatic nitrogens is 1. The van der Waals surface area contributed by atoms with Crippen molar-refractivity contribution in [3.05, 3.63) is 65.4 Å². The summed E-state index contributed by atoms with van der Waals surface area (Å²) in [7, 11) is 1.62. The molecule has 0 saturated heterocycles. The van der Waals surface area contributed by atoms with E-state index < -0.39 is 0 Å². The van der Waals surface area contributed by atoms with E-state index in [9.17, 15) is 5.26 Å². The average Bonchev–Trinajstić information content (AvgIpc) is 2.65. The zero-order chi connectivity index (χ0) is 16.9. The van der Waals surface area contributed by atoms with Crippen molar-refractivity contribution in [2.75, 3.05) is 12.4 Å². The molecule has 0 atom stereocenters. The smallest absolute Gasteiger partial charge is 0.145 e. The molecule has 0 spiro atoms. The highest BCUT2D eigenvalue weighted by molar-refractivity contribution is 5.97. The fourth-order valence-electron chi connectivity index (χ4n) is 2.72. The number of nitrogens with zero attached hydrogens (tertiary/aromatic N) is 2. The quantitative estimate of drug-likeness (QED) is 0.762. The number of benzene rings is 2. The van der Waals surface area contributed by atoms with E-state index in [0.29, 0.717) is 17.9 Å². The van der Waals surface area contributed by atoms with Crippen LogP contribution in [-0.4, -0.2) is 12.1 Å². The maximum Gasteiger partial charge on any atom is 0.145 e. The number of ether oxygens (including phenoxy) is 1. The van der Waals surface area contributed by atoms with Crippen LogP contribution in [0.25, 0.3) is 10.9 Å². The van der Waals surface area contributed by atoms with E-state index in [2.05, 4.69) is 47.6 Å². The second-order valence-electron chi connectivity index (χ2n) is 5.54. The van der Waals surface area contributed by atoms with Crippen LogP contribution in [0.4, 0.5) is 5.69 Å². The zero-order valence-electron chi connectivity index (χ0n) is 13.8. The Hall–Kier alpha value is -3.06. The first kappa shape index (κ1) is 15.8. The molecule has 4 heteroatoms. The lowest BCUT2D eigenvalue weighted by atomic mass is 10.1. The van der Waals surface area contributed by atoms with Gasteiger partial charge in [0.25, 0.3) is 0 Å². The molecule has 0 radical (unpaired) electrons. The lowest BCUT2D eigenvalue weighted by Gasteiger charge is -2.13. The second kappa shape index (κ2) is 7.01. The van der Waals surface area contributed by atoms with Crippen LogP contribution in [-0.2, 0) is 13.0 Å². The first-order valence-corrected chi connectivity index (χ1v) is 7.94. The van der Waals surface area contributed by atoms with Crippen LogP contribution in [0.5, 0.6) is 5.75 Å². The largest absolute Gasteiger partial charge is 0.494 e. The molecule has 1 aromatic heterocycles. The van der Waals surface area contributed by atoms with Crippen molar-refractivity contribution < 1.29 is 4.74 Å². The van der Waals surface area contributed by atoms with Gasteiger partial charge in [0.15, 0.2) is 0 Å². The number of methoxy groups -OCH3 is 1. The third-order valence-electron chi connectivity index (χ3n) is 4.10. The third kappa shape index (κ3) is 3.02. The van der Waals surface area contributed by atoms with Crippen LogP contribution < -0.4 is 10.1 Å². The topological polar surface area (TPSA) is 57.9 Å². The molecule has 0 aliphatic carbocycles. The molecule has 0 saturated carbocycles. The number of pyridine rings is 1. The van der Waals surface area contributed by atoms with E-state index in [-0.39, 0.29) is 0 Å². The molecule has 2 aromatic carbocycles. The standard InChI is InChI=1S/C20H19N3O/c1-3-14-7-9-15(10-8-14)12-22-19-16(11-21)13-23-20-17(19)5-4-6-18(20)24-2/h4-10,13H,3,12H2,1-2H3,(H,22,23). The van der Waals surface area contributed by atoms with Crippen LogP contribution in [0.1, 0.15) is 23.6 Å². The van der Waals surface area contributed by atoms with Gasteiger partial charge in [-0.2, -0.15) is 5.26 Å². The van der Waals surface area contributed by atoms with Gasteiger partial charge in [-0.15, -0.1) is 0 Å². The number of nitriles is 1. The van der Waals surface area contributed by atoms with Gasteiger partial charge in [0.1, 0.15) is 17.3 Å². The average molecular weight is 317 g/mol. The number of nitrogens with one attached hydrogen (secondary N) is 1. The molecule has 24 heavy (non-hydrogen) atoms. The van der Waals surface area contributed by atoms with Gasteiger partial charge < -0.3 is 10.1 Å². The molecule has 1 N–H and O–H groups in total. The SMILES string of the molecule is CCc1ccc(CNc2c(C#N)cnc3c(OC)cccc23)cc1. The summed E-state index contributed by atoms with van der Waals surface area (Å²) >= 11 is 0. The Morgan fingerprint density at radius 2 is 1.88 bits per heavy atom. The number of hydrogen-bond donors (Lipinski definition) is 1. The fraction of sp³-hybridized carbons (Fsp3) is 0.200. The normalized spacial score (nSPS) is 10.4. The molecule has 0 aliphatic rings. The minimum absolute atomic E-state index is 0.529. The summed E-state index contributed by atoms with van der Waals surface area (Å²) in [5.74, 6) is 0.701. The van der Waals surface area contributed by atoms with Gasteiger partial charge >= 0.3 is 0 Å². The third-order valence-corrected chi connectivity index (χ3v) is 4.10. The Bertz CT molecular complexity index is 895. The molecule has 0 bridgehead atoms. The van der Waals surface area contributed by atoms with Crippen molar-refractivity contribution in [1.29, 1.82) is 5.26 Å². The van der Waals surface area contributed by atoms with Gasteiger partial charge in [0.05, 0.1) is 18.4 Å². The Kier molecular flexibility index (Phi) is 4.62. The summed E-state index contributed by atoms with van der Waals surface area (Å²) in [5, 5.41) is 13.7. The predicted molar refractivity (Wildman–Crippen MR) is 96.2 cm³/mol. The molecule has 0 amide bonds. The Morgan fingerprint density at radius 3 is 2.54 bits per heavy atom. The van der Waals surface area contributed by atoms with Crippen LogP contribution in [0.15, 0.2) is 48.7 Å². The monoisotopic (exact) mass is 317 g/mol. The van der Waals surface area contributed by atoms with Crippen molar-refractivity contribution in [3.63, 3.8) is 0 Å². The van der Waals surface area contributed by atoms with Crippen LogP contribution in [0, 0.1) is 11.3 Å². The maximum atomic E-state index is 9.41. The maximum absolute atomic E-state index is 9.41. The molecule has 120 valence electrons. The molecule has 0 unspecified atom stereocenters. The molecule has 0 aliphatic heterocycles. The summed E-state index contributed by atoms with van der Waals surface area (Å²) in [5.41, 5.74) is 4.56. The highest BCUT2D eigenvalue weighted by Crippen LogP contribution is 2.31. The Balaban J connectivity index is 1.96. The molecular formula is C20H19N3O. The molecular weight excluding hydrogens is 298 g/mol. The van der Waals surface area contributed by atoms with Crippen LogP contribution >= 0.6 is 0 Å². The minimum atomic E-state index is 0.529. The summed E-state index contributed by atoms with van der Waals surface area (Å²) in [6.45, 7) is 2.79. The zero-order valence-corrected chi connectivity index (χ0v) is 13.8. The van der Waals surface area contributed by atoms with Crippen LogP contribution in [0.3, 0.4) is 0 Å². The van der Waals surface area contributed by atoms with E-state index in [0.717, 1.165) is 23.0 Å². The molecule has 1 heterocycles. The Morgan fingerprint density at radius 1 is 1.12 bits per heavy atom. The van der Waals surface area contributed by atoms with Gasteiger partial charge in [0.2, 0.25) is 0 Å². The van der Waals surface area contributed by atoms with Crippen molar-refractivity contribution in [2.45, 2.75) is 19.9 Å². The second-order valence-corrected chi connectivity index (χ2v) is 5.54. The van der Waals surface area contributed by atoms with Gasteiger partial charge in [-0.1, -0.05) is 43.3 Å². The highest BCUT2D eigenvalue weighted by Gasteiger charge is 2.11. The van der Waals surface area contributed by atoms with Crippen molar-refractivity contribution in [2.24, 2.45) is 0 Å². The van der Waals surface area contributed by atoms with E-state index in [1.165, 1.54) is 11.1 Å². The molecule has 4 nitrogen and oxygen atoms in total. The summed E-state index contributed by atoms with van der Waals surface area (Å²) in [6, 6.07) is 16.4. The number of hydrogen-bond acceptors (Lipinski definition) is 4. The summed E-state index contributed by atoms with van der Waals surface area (Å²) in [4.78, 5) is 4.37. The Labute approximate surface area is 141 Å². The van der Waals surface area contributed by atoms with Crippen molar-refractivity contribution >= 4 is 16.6 Å². The highest BCUT2D eigenvalue weighted by atomic mass is 16.5. The summed E-state index contributed by atoms with van der Waals surface area (Å²) in [6.07, 6.45) is 2.62. The predicted octanol–water partition coefficient (Wildman–Crippen LogP) is 4.29. The number of fused-ring (bicyclic) bond motifs is 1. The molecule has 3 aromatic rings. The lowest BCUT2D eigenvalue weighted by molar-refractivity contribution is 0.419. The first-order chi connectivity index (χ1) is 11.8. The van der Waals surface area contributed by atoms with E-state index in [4.69, 9.17) is 4.74 Å². The minimum Gasteiger partial charge on any atom is -0.494 e. The van der Waals surface area contributed by atoms with Gasteiger partial charge in [-0.05, 0) is 23.6 Å². The number of anilines is 1. The first-order valence-electron chi connectivity index (χ1n) is 7.94. The van der Waals surface area contributed by atoms with E-state index in [1.54, 1.807) is 13.3 Å². The van der Waals surface area contributed by atoms with E-state index >= 15 is 0 Å². The van der Waals surface area contributed by atoms with Crippen molar-refractivity contribution in [3.8, 4) is 11.8 Å². The van der Waals surface area contributed by atoms with E-state index in [1.807, 2.05) is 18.2 Å². The number of para-hydroxylation sites is 1. The number of aryl methyl sites for hydroxylation is 1. The lowest BCUT2D eigenvalue weighted by Crippen LogP contribution is -2.03. The summed E-state index contributed by atoms with van der Waals surface area (Å²) < 4.78 is 5.37. The number of rotatable bonds is 5.